The van der Waals surface area contributed by atoms with Crippen LogP contribution in [0.1, 0.15) is 125 Å². The van der Waals surface area contributed by atoms with E-state index >= 15 is 0 Å². The summed E-state index contributed by atoms with van der Waals surface area (Å²) in [6.07, 6.45) is 21.8. The smallest absolute Gasteiger partial charge is 0.0503 e. The van der Waals surface area contributed by atoms with Gasteiger partial charge in [-0.3, -0.25) is 0 Å². The highest BCUT2D eigenvalue weighted by molar-refractivity contribution is 5.65. The summed E-state index contributed by atoms with van der Waals surface area (Å²) in [6, 6.07) is 37.1. The lowest BCUT2D eigenvalue weighted by Crippen LogP contribution is -2.08. The quantitative estimate of drug-likeness (QED) is 0.0866. The molecule has 4 aromatic rings. The molecular weight excluding hydrogens is 593 g/mol. The molecule has 2 atom stereocenters. The molecular formula is C48H58O. The second-order valence-corrected chi connectivity index (χ2v) is 14.6. The van der Waals surface area contributed by atoms with Crippen molar-refractivity contribution in [2.45, 2.75) is 116 Å². The third-order valence-corrected chi connectivity index (χ3v) is 11.1. The first kappa shape index (κ1) is 35.2. The zero-order valence-electron chi connectivity index (χ0n) is 30.3. The van der Waals surface area contributed by atoms with E-state index in [1.165, 1.54) is 109 Å². The Labute approximate surface area is 297 Å². The van der Waals surface area contributed by atoms with Crippen molar-refractivity contribution in [2.24, 2.45) is 0 Å². The van der Waals surface area contributed by atoms with Crippen LogP contribution < -0.4 is 0 Å². The fraction of sp³-hybridized carbons (Fsp3) is 0.417. The molecule has 0 heterocycles. The maximum Gasteiger partial charge on any atom is 0.0503 e. The number of aryl methyl sites for hydroxylation is 2. The average Bonchev–Trinajstić information content (AvgIpc) is 3.17. The lowest BCUT2D eigenvalue weighted by atomic mass is 9.83. The van der Waals surface area contributed by atoms with Crippen LogP contribution in [0.25, 0.3) is 22.3 Å². The lowest BCUT2D eigenvalue weighted by Gasteiger charge is -2.23. The molecule has 6 rings (SSSR count). The number of allylic oxidation sites excluding steroid dienone is 2. The number of ether oxygens (including phenoxy) is 1. The molecule has 0 fully saturated rings. The van der Waals surface area contributed by atoms with E-state index < -0.39 is 0 Å². The van der Waals surface area contributed by atoms with Gasteiger partial charge in [-0.2, -0.15) is 0 Å². The molecule has 0 saturated heterocycles. The molecule has 256 valence electrons. The van der Waals surface area contributed by atoms with E-state index in [2.05, 4.69) is 123 Å². The summed E-state index contributed by atoms with van der Waals surface area (Å²) in [5, 5.41) is 0. The van der Waals surface area contributed by atoms with E-state index in [0.717, 1.165) is 38.9 Å². The van der Waals surface area contributed by atoms with Crippen molar-refractivity contribution in [3.05, 3.63) is 143 Å². The van der Waals surface area contributed by atoms with E-state index in [0.29, 0.717) is 11.8 Å². The Balaban J connectivity index is 0.873. The Morgan fingerprint density at radius 2 is 0.837 bits per heavy atom. The number of unbranched alkanes of at least 4 members (excludes halogenated alkanes) is 2. The van der Waals surface area contributed by atoms with E-state index in [4.69, 9.17) is 4.74 Å². The first-order chi connectivity index (χ1) is 24.2. The van der Waals surface area contributed by atoms with Crippen LogP contribution in [0.3, 0.4) is 0 Å². The van der Waals surface area contributed by atoms with Gasteiger partial charge >= 0.3 is 0 Å². The molecule has 0 aliphatic heterocycles. The molecule has 2 aliphatic rings. The SMILES string of the molecule is CCCCc1ccc(-c2ccc(C3CC=C(CCOCCC4=CCC(c5ccc(-c6ccc(CCCC)cc6)cc5)CC4)CC3)cc2)cc1. The fourth-order valence-electron chi connectivity index (χ4n) is 7.73. The van der Waals surface area contributed by atoms with Gasteiger partial charge in [0.05, 0.1) is 13.2 Å². The fourth-order valence-corrected chi connectivity index (χ4v) is 7.73. The van der Waals surface area contributed by atoms with Crippen LogP contribution in [-0.4, -0.2) is 13.2 Å². The molecule has 0 aromatic heterocycles. The molecule has 4 aromatic carbocycles. The molecule has 1 nitrogen and oxygen atoms in total. The lowest BCUT2D eigenvalue weighted by molar-refractivity contribution is 0.138. The minimum absolute atomic E-state index is 0.641. The van der Waals surface area contributed by atoms with E-state index in [1.54, 1.807) is 11.1 Å². The average molecular weight is 651 g/mol. The Bertz CT molecular complexity index is 1490. The van der Waals surface area contributed by atoms with Gasteiger partial charge in [-0.15, -0.1) is 0 Å². The molecule has 2 unspecified atom stereocenters. The monoisotopic (exact) mass is 650 g/mol. The second-order valence-electron chi connectivity index (χ2n) is 14.6. The Morgan fingerprint density at radius 1 is 0.469 bits per heavy atom. The first-order valence-corrected chi connectivity index (χ1v) is 19.5. The highest BCUT2D eigenvalue weighted by atomic mass is 16.5. The topological polar surface area (TPSA) is 9.23 Å². The summed E-state index contributed by atoms with van der Waals surface area (Å²) in [5.74, 6) is 1.28. The van der Waals surface area contributed by atoms with Crippen LogP contribution in [-0.2, 0) is 17.6 Å². The van der Waals surface area contributed by atoms with Crippen molar-refractivity contribution in [2.75, 3.05) is 13.2 Å². The van der Waals surface area contributed by atoms with Crippen LogP contribution in [0.5, 0.6) is 0 Å². The van der Waals surface area contributed by atoms with Crippen molar-refractivity contribution in [3.63, 3.8) is 0 Å². The maximum atomic E-state index is 6.14. The third kappa shape index (κ3) is 10.2. The van der Waals surface area contributed by atoms with E-state index in [1.807, 2.05) is 0 Å². The third-order valence-electron chi connectivity index (χ3n) is 11.1. The standard InChI is InChI=1S/C48H58O/c1-3-5-7-37-9-17-41(18-10-37)45-25-29-47(30-26-45)43-21-13-39(14-22-43)33-35-49-36-34-40-15-23-44(24-16-40)48-31-27-46(28-32-48)42-19-11-38(12-20-42)8-6-4-2/h9-13,15,17-20,25-32,43-44H,3-8,14,16,21-24,33-36H2,1-2H3. The number of hydrogen-bond donors (Lipinski definition) is 0. The highest BCUT2D eigenvalue weighted by Crippen LogP contribution is 2.36. The van der Waals surface area contributed by atoms with Gasteiger partial charge in [0.25, 0.3) is 0 Å². The largest absolute Gasteiger partial charge is 0.381 e. The predicted octanol–water partition coefficient (Wildman–Crippen LogP) is 13.6. The zero-order valence-corrected chi connectivity index (χ0v) is 30.3. The number of hydrogen-bond acceptors (Lipinski definition) is 1. The summed E-state index contributed by atoms with van der Waals surface area (Å²) >= 11 is 0. The van der Waals surface area contributed by atoms with E-state index in [9.17, 15) is 0 Å². The van der Waals surface area contributed by atoms with Gasteiger partial charge < -0.3 is 4.74 Å². The van der Waals surface area contributed by atoms with Crippen LogP contribution in [0.2, 0.25) is 0 Å². The van der Waals surface area contributed by atoms with Crippen LogP contribution in [0.4, 0.5) is 0 Å². The maximum absolute atomic E-state index is 6.14. The minimum Gasteiger partial charge on any atom is -0.381 e. The molecule has 0 bridgehead atoms. The number of rotatable bonds is 16. The van der Waals surface area contributed by atoms with Crippen molar-refractivity contribution in [1.82, 2.24) is 0 Å². The zero-order chi connectivity index (χ0) is 33.7. The molecule has 1 heteroatoms. The molecule has 0 amide bonds. The summed E-state index contributed by atoms with van der Waals surface area (Å²) in [5.41, 5.74) is 14.3. The molecule has 49 heavy (non-hydrogen) atoms. The Morgan fingerprint density at radius 3 is 1.16 bits per heavy atom. The van der Waals surface area contributed by atoms with Crippen LogP contribution in [0, 0.1) is 0 Å². The van der Waals surface area contributed by atoms with Crippen LogP contribution >= 0.6 is 0 Å². The molecule has 0 N–H and O–H groups in total. The highest BCUT2D eigenvalue weighted by Gasteiger charge is 2.18. The summed E-state index contributed by atoms with van der Waals surface area (Å²) in [6.45, 7) is 6.22. The van der Waals surface area contributed by atoms with Crippen molar-refractivity contribution in [1.29, 1.82) is 0 Å². The van der Waals surface area contributed by atoms with Gasteiger partial charge in [0.2, 0.25) is 0 Å². The van der Waals surface area contributed by atoms with Crippen molar-refractivity contribution < 1.29 is 4.74 Å². The molecule has 0 saturated carbocycles. The Hall–Kier alpha value is -3.68. The summed E-state index contributed by atoms with van der Waals surface area (Å²) < 4.78 is 6.14. The van der Waals surface area contributed by atoms with Crippen molar-refractivity contribution >= 4 is 0 Å². The van der Waals surface area contributed by atoms with Gasteiger partial charge in [0, 0.05) is 0 Å². The Kier molecular flexibility index (Phi) is 13.2. The van der Waals surface area contributed by atoms with Crippen molar-refractivity contribution in [3.8, 4) is 22.3 Å². The van der Waals surface area contributed by atoms with Gasteiger partial charge in [-0.1, -0.05) is 147 Å². The van der Waals surface area contributed by atoms with Gasteiger partial charge in [-0.05, 0) is 133 Å². The normalized spacial score (nSPS) is 17.8. The second kappa shape index (κ2) is 18.4. The predicted molar refractivity (Wildman–Crippen MR) is 210 cm³/mol. The molecule has 2 aliphatic carbocycles. The summed E-state index contributed by atoms with van der Waals surface area (Å²) in [7, 11) is 0. The van der Waals surface area contributed by atoms with Gasteiger partial charge in [0.1, 0.15) is 0 Å². The summed E-state index contributed by atoms with van der Waals surface area (Å²) in [4.78, 5) is 0. The van der Waals surface area contributed by atoms with E-state index in [-0.39, 0.29) is 0 Å². The number of benzene rings is 4. The first-order valence-electron chi connectivity index (χ1n) is 19.5. The minimum atomic E-state index is 0.641. The van der Waals surface area contributed by atoms with Gasteiger partial charge in [-0.25, -0.2) is 0 Å². The molecule has 0 spiro atoms. The van der Waals surface area contributed by atoms with Crippen LogP contribution in [0.15, 0.2) is 120 Å². The molecule has 0 radical (unpaired) electrons. The van der Waals surface area contributed by atoms with Gasteiger partial charge in [0.15, 0.2) is 0 Å².